The minimum absolute atomic E-state index is 0.759. The molecule has 0 aliphatic carbocycles. The van der Waals surface area contributed by atoms with E-state index in [0.717, 1.165) is 19.0 Å². The zero-order chi connectivity index (χ0) is 6.81. The summed E-state index contributed by atoms with van der Waals surface area (Å²) in [5, 5.41) is 3.25. The van der Waals surface area contributed by atoms with Crippen molar-refractivity contribution < 1.29 is 0 Å². The van der Waals surface area contributed by atoms with Gasteiger partial charge in [-0.25, -0.2) is 0 Å². The van der Waals surface area contributed by atoms with Crippen LogP contribution in [0.15, 0.2) is 24.3 Å². The molecule has 1 heterocycles. The average molecular weight is 132 g/mol. The summed E-state index contributed by atoms with van der Waals surface area (Å²) in [6, 6.07) is 11.3. The highest BCUT2D eigenvalue weighted by Crippen LogP contribution is 2.18. The van der Waals surface area contributed by atoms with Crippen molar-refractivity contribution in [2.24, 2.45) is 0 Å². The largest absolute Gasteiger partial charge is 0.315 e. The monoisotopic (exact) mass is 132 g/mol. The Hall–Kier alpha value is -0.820. The van der Waals surface area contributed by atoms with Crippen LogP contribution in [0.2, 0.25) is 0 Å². The Kier molecular flexibility index (Phi) is 1.44. The number of nitrogens with one attached hydrogen (secondary N) is 1. The second-order valence-electron chi connectivity index (χ2n) is 2.69. The van der Waals surface area contributed by atoms with Crippen molar-refractivity contribution in [1.29, 1.82) is 0 Å². The van der Waals surface area contributed by atoms with Crippen LogP contribution in [-0.2, 0) is 0 Å². The van der Waals surface area contributed by atoms with Crippen molar-refractivity contribution in [2.75, 3.05) is 13.1 Å². The van der Waals surface area contributed by atoms with Gasteiger partial charge in [0.25, 0.3) is 0 Å². The summed E-state index contributed by atoms with van der Waals surface area (Å²) in [5.41, 5.74) is 1.44. The number of hydrogen-bond acceptors (Lipinski definition) is 1. The molecule has 0 aromatic heterocycles. The van der Waals surface area contributed by atoms with Crippen LogP contribution in [0.25, 0.3) is 0 Å². The van der Waals surface area contributed by atoms with Crippen LogP contribution in [0.5, 0.6) is 0 Å². The SMILES string of the molecule is [c]1ccc(C2CNC2)cc1. The molecule has 1 aliphatic heterocycles. The number of hydrogen-bond donors (Lipinski definition) is 1. The summed E-state index contributed by atoms with van der Waals surface area (Å²) in [6.45, 7) is 2.29. The lowest BCUT2D eigenvalue weighted by Crippen LogP contribution is -2.39. The molecule has 1 aromatic carbocycles. The minimum atomic E-state index is 0.759. The van der Waals surface area contributed by atoms with Gasteiger partial charge in [-0.15, -0.1) is 0 Å². The molecule has 1 heteroatoms. The fourth-order valence-corrected chi connectivity index (χ4v) is 1.20. The Morgan fingerprint density at radius 1 is 1.30 bits per heavy atom. The molecule has 1 fully saturated rings. The van der Waals surface area contributed by atoms with Gasteiger partial charge in [-0.3, -0.25) is 0 Å². The molecule has 1 radical (unpaired) electrons. The highest BCUT2D eigenvalue weighted by atomic mass is 14.9. The predicted molar refractivity (Wildman–Crippen MR) is 40.9 cm³/mol. The smallest absolute Gasteiger partial charge is 0.00885 e. The Morgan fingerprint density at radius 3 is 2.50 bits per heavy atom. The predicted octanol–water partition coefficient (Wildman–Crippen LogP) is 1.17. The molecule has 10 heavy (non-hydrogen) atoms. The maximum absolute atomic E-state index is 3.25. The van der Waals surface area contributed by atoms with Gasteiger partial charge in [0.1, 0.15) is 0 Å². The van der Waals surface area contributed by atoms with Gasteiger partial charge in [0.05, 0.1) is 0 Å². The average Bonchev–Trinajstić information content (AvgIpc) is 1.86. The normalized spacial score (nSPS) is 18.4. The summed E-state index contributed by atoms with van der Waals surface area (Å²) in [5.74, 6) is 0.759. The summed E-state index contributed by atoms with van der Waals surface area (Å²) in [6.07, 6.45) is 0. The van der Waals surface area contributed by atoms with Crippen LogP contribution in [0.3, 0.4) is 0 Å². The van der Waals surface area contributed by atoms with Gasteiger partial charge >= 0.3 is 0 Å². The lowest BCUT2D eigenvalue weighted by molar-refractivity contribution is 0.448. The molecular formula is C9H10N. The zero-order valence-electron chi connectivity index (χ0n) is 5.80. The van der Waals surface area contributed by atoms with Crippen LogP contribution in [0.1, 0.15) is 11.5 Å². The van der Waals surface area contributed by atoms with Gasteiger partial charge in [0.15, 0.2) is 0 Å². The third-order valence-electron chi connectivity index (χ3n) is 2.00. The van der Waals surface area contributed by atoms with E-state index in [9.17, 15) is 0 Å². The van der Waals surface area contributed by atoms with Crippen LogP contribution in [0.4, 0.5) is 0 Å². The number of benzene rings is 1. The lowest BCUT2D eigenvalue weighted by atomic mass is 9.94. The molecule has 0 spiro atoms. The first kappa shape index (κ1) is 5.93. The van der Waals surface area contributed by atoms with Crippen LogP contribution in [-0.4, -0.2) is 13.1 Å². The highest BCUT2D eigenvalue weighted by molar-refractivity contribution is 5.21. The van der Waals surface area contributed by atoms with Gasteiger partial charge in [-0.05, 0) is 11.6 Å². The molecule has 0 atom stereocenters. The Balaban J connectivity index is 2.18. The zero-order valence-corrected chi connectivity index (χ0v) is 5.80. The highest BCUT2D eigenvalue weighted by Gasteiger charge is 2.17. The lowest BCUT2D eigenvalue weighted by Gasteiger charge is -2.27. The third-order valence-corrected chi connectivity index (χ3v) is 2.00. The van der Waals surface area contributed by atoms with E-state index in [4.69, 9.17) is 0 Å². The molecule has 1 nitrogen and oxygen atoms in total. The second-order valence-corrected chi connectivity index (χ2v) is 2.69. The topological polar surface area (TPSA) is 12.0 Å². The van der Waals surface area contributed by atoms with E-state index in [-0.39, 0.29) is 0 Å². The van der Waals surface area contributed by atoms with Gasteiger partial charge in [0.2, 0.25) is 0 Å². The summed E-state index contributed by atoms with van der Waals surface area (Å²) >= 11 is 0. The van der Waals surface area contributed by atoms with E-state index < -0.39 is 0 Å². The molecule has 1 saturated heterocycles. The summed E-state index contributed by atoms with van der Waals surface area (Å²) in [7, 11) is 0. The molecule has 1 aliphatic rings. The maximum atomic E-state index is 3.25. The molecule has 0 unspecified atom stereocenters. The molecular weight excluding hydrogens is 122 g/mol. The molecule has 51 valence electrons. The van der Waals surface area contributed by atoms with E-state index >= 15 is 0 Å². The van der Waals surface area contributed by atoms with Crippen LogP contribution < -0.4 is 5.32 Å². The fraction of sp³-hybridized carbons (Fsp3) is 0.333. The van der Waals surface area contributed by atoms with Crippen molar-refractivity contribution >= 4 is 0 Å². The molecule has 0 saturated carbocycles. The van der Waals surface area contributed by atoms with Crippen molar-refractivity contribution in [2.45, 2.75) is 5.92 Å². The van der Waals surface area contributed by atoms with E-state index in [1.165, 1.54) is 5.56 Å². The van der Waals surface area contributed by atoms with Crippen LogP contribution in [0, 0.1) is 6.07 Å². The van der Waals surface area contributed by atoms with E-state index in [1.54, 1.807) is 0 Å². The van der Waals surface area contributed by atoms with Crippen molar-refractivity contribution in [3.8, 4) is 0 Å². The van der Waals surface area contributed by atoms with Gasteiger partial charge in [0, 0.05) is 19.0 Å². The van der Waals surface area contributed by atoms with Gasteiger partial charge in [-0.2, -0.15) is 0 Å². The van der Waals surface area contributed by atoms with Crippen LogP contribution >= 0.6 is 0 Å². The summed E-state index contributed by atoms with van der Waals surface area (Å²) in [4.78, 5) is 0. The first-order chi connectivity index (χ1) is 4.97. The number of rotatable bonds is 1. The first-order valence-corrected chi connectivity index (χ1v) is 3.63. The molecule has 1 aromatic rings. The Morgan fingerprint density at radius 2 is 2.00 bits per heavy atom. The van der Waals surface area contributed by atoms with E-state index in [0.29, 0.717) is 0 Å². The first-order valence-electron chi connectivity index (χ1n) is 3.63. The molecule has 0 bridgehead atoms. The Labute approximate surface area is 61.1 Å². The maximum Gasteiger partial charge on any atom is 0.00885 e. The molecule has 2 rings (SSSR count). The standard InChI is InChI=1S/C9H10N/c1-2-4-8(5-3-1)9-6-10-7-9/h2-5,9-10H,6-7H2. The van der Waals surface area contributed by atoms with E-state index in [1.807, 2.05) is 12.1 Å². The van der Waals surface area contributed by atoms with Crippen molar-refractivity contribution in [3.63, 3.8) is 0 Å². The second kappa shape index (κ2) is 2.43. The van der Waals surface area contributed by atoms with Crippen molar-refractivity contribution in [3.05, 3.63) is 35.9 Å². The van der Waals surface area contributed by atoms with Gasteiger partial charge < -0.3 is 5.32 Å². The molecule has 1 N–H and O–H groups in total. The quantitative estimate of drug-likeness (QED) is 0.605. The Bertz CT molecular complexity index is 201. The van der Waals surface area contributed by atoms with E-state index in [2.05, 4.69) is 23.5 Å². The fourth-order valence-electron chi connectivity index (χ4n) is 1.20. The molecule has 0 amide bonds. The summed E-state index contributed by atoms with van der Waals surface area (Å²) < 4.78 is 0. The minimum Gasteiger partial charge on any atom is -0.315 e. The third kappa shape index (κ3) is 0.929. The van der Waals surface area contributed by atoms with Gasteiger partial charge in [-0.1, -0.05) is 24.3 Å². The van der Waals surface area contributed by atoms with Crippen molar-refractivity contribution in [1.82, 2.24) is 5.32 Å².